The number of nitrogens with one attached hydrogen (secondary N) is 1. The molecule has 1 atom stereocenters. The number of halogens is 1. The molecular formula is C16H25FN2O2. The highest BCUT2D eigenvalue weighted by Gasteiger charge is 2.15. The first-order valence-corrected chi connectivity index (χ1v) is 7.19. The predicted molar refractivity (Wildman–Crippen MR) is 81.8 cm³/mol. The number of hydrogen-bond acceptors (Lipinski definition) is 3. The second-order valence-electron chi connectivity index (χ2n) is 6.21. The molecule has 3 N–H and O–H groups in total. The monoisotopic (exact) mass is 296 g/mol. The summed E-state index contributed by atoms with van der Waals surface area (Å²) in [7, 11) is 0. The van der Waals surface area contributed by atoms with Gasteiger partial charge in [-0.25, -0.2) is 4.39 Å². The molecule has 21 heavy (non-hydrogen) atoms. The van der Waals surface area contributed by atoms with Crippen LogP contribution in [0.25, 0.3) is 0 Å². The van der Waals surface area contributed by atoms with E-state index < -0.39 is 0 Å². The van der Waals surface area contributed by atoms with Crippen LogP contribution in [-0.2, 0) is 11.2 Å². The van der Waals surface area contributed by atoms with E-state index in [-0.39, 0.29) is 29.9 Å². The number of ether oxygens (including phenoxy) is 1. The fourth-order valence-electron chi connectivity index (χ4n) is 1.87. The summed E-state index contributed by atoms with van der Waals surface area (Å²) in [5.74, 6) is -0.0401. The number of carbonyl (C=O) groups is 1. The van der Waals surface area contributed by atoms with Gasteiger partial charge in [0.25, 0.3) is 5.91 Å². The molecule has 1 aromatic carbocycles. The number of carbonyl (C=O) groups excluding carboxylic acids is 1. The van der Waals surface area contributed by atoms with Crippen LogP contribution in [0.15, 0.2) is 18.2 Å². The fraction of sp³-hybridized carbons (Fsp3) is 0.562. The van der Waals surface area contributed by atoms with Crippen molar-refractivity contribution in [3.05, 3.63) is 29.6 Å². The Balaban J connectivity index is 2.72. The molecule has 0 bridgehead atoms. The van der Waals surface area contributed by atoms with Crippen molar-refractivity contribution in [3.63, 3.8) is 0 Å². The van der Waals surface area contributed by atoms with Crippen LogP contribution < -0.4 is 15.8 Å². The molecule has 0 aliphatic rings. The normalized spacial score (nSPS) is 12.9. The number of amides is 1. The van der Waals surface area contributed by atoms with Crippen molar-refractivity contribution in [2.24, 2.45) is 5.73 Å². The molecule has 0 heterocycles. The van der Waals surface area contributed by atoms with E-state index in [4.69, 9.17) is 10.5 Å². The molecule has 5 heteroatoms. The van der Waals surface area contributed by atoms with E-state index in [0.717, 1.165) is 6.42 Å². The Morgan fingerprint density at radius 2 is 2.10 bits per heavy atom. The number of hydrogen-bond donors (Lipinski definition) is 2. The first-order chi connectivity index (χ1) is 9.71. The molecule has 0 fully saturated rings. The molecule has 0 aromatic heterocycles. The van der Waals surface area contributed by atoms with Gasteiger partial charge in [0.05, 0.1) is 0 Å². The van der Waals surface area contributed by atoms with Crippen LogP contribution in [0.4, 0.5) is 4.39 Å². The smallest absolute Gasteiger partial charge is 0.258 e. The van der Waals surface area contributed by atoms with Gasteiger partial charge in [-0.3, -0.25) is 4.79 Å². The van der Waals surface area contributed by atoms with E-state index in [0.29, 0.717) is 17.7 Å². The Morgan fingerprint density at radius 3 is 2.67 bits per heavy atom. The van der Waals surface area contributed by atoms with Gasteiger partial charge in [0.1, 0.15) is 11.6 Å². The molecule has 0 saturated carbocycles. The SMILES string of the molecule is CCC(N)Cc1cc(F)ccc1OCC(=O)NC(C)(C)C. The molecular weight excluding hydrogens is 271 g/mol. The lowest BCUT2D eigenvalue weighted by molar-refractivity contribution is -0.124. The van der Waals surface area contributed by atoms with Crippen LogP contribution in [0.5, 0.6) is 5.75 Å². The summed E-state index contributed by atoms with van der Waals surface area (Å²) in [5, 5.41) is 2.81. The molecule has 1 unspecified atom stereocenters. The predicted octanol–water partition coefficient (Wildman–Crippen LogP) is 2.40. The minimum absolute atomic E-state index is 0.0578. The highest BCUT2D eigenvalue weighted by molar-refractivity contribution is 5.78. The first-order valence-electron chi connectivity index (χ1n) is 7.19. The maximum Gasteiger partial charge on any atom is 0.258 e. The van der Waals surface area contributed by atoms with Crippen LogP contribution in [-0.4, -0.2) is 24.1 Å². The van der Waals surface area contributed by atoms with Crippen molar-refractivity contribution in [2.45, 2.75) is 52.1 Å². The largest absolute Gasteiger partial charge is 0.483 e. The van der Waals surface area contributed by atoms with Gasteiger partial charge in [-0.2, -0.15) is 0 Å². The quantitative estimate of drug-likeness (QED) is 0.847. The summed E-state index contributed by atoms with van der Waals surface area (Å²) in [5.41, 5.74) is 6.28. The molecule has 1 rings (SSSR count). The third kappa shape index (κ3) is 6.58. The molecule has 0 saturated heterocycles. The highest BCUT2D eigenvalue weighted by Crippen LogP contribution is 2.21. The third-order valence-electron chi connectivity index (χ3n) is 2.90. The molecule has 0 radical (unpaired) electrons. The van der Waals surface area contributed by atoms with Gasteiger partial charge in [-0.1, -0.05) is 6.92 Å². The highest BCUT2D eigenvalue weighted by atomic mass is 19.1. The molecule has 1 aromatic rings. The number of nitrogens with two attached hydrogens (primary N) is 1. The molecule has 1 amide bonds. The maximum absolute atomic E-state index is 13.3. The maximum atomic E-state index is 13.3. The molecule has 118 valence electrons. The summed E-state index contributed by atoms with van der Waals surface area (Å²) in [6.07, 6.45) is 1.31. The van der Waals surface area contributed by atoms with Gasteiger partial charge >= 0.3 is 0 Å². The average molecular weight is 296 g/mol. The zero-order valence-corrected chi connectivity index (χ0v) is 13.2. The van der Waals surface area contributed by atoms with Crippen LogP contribution in [0.1, 0.15) is 39.7 Å². The minimum Gasteiger partial charge on any atom is -0.483 e. The van der Waals surface area contributed by atoms with Gasteiger partial charge in [0.2, 0.25) is 0 Å². The minimum atomic E-state index is -0.334. The average Bonchev–Trinajstić information content (AvgIpc) is 2.35. The van der Waals surface area contributed by atoms with E-state index >= 15 is 0 Å². The zero-order chi connectivity index (χ0) is 16.0. The van der Waals surface area contributed by atoms with Gasteiger partial charge in [-0.15, -0.1) is 0 Å². The van der Waals surface area contributed by atoms with Crippen molar-refractivity contribution in [1.29, 1.82) is 0 Å². The van der Waals surface area contributed by atoms with Crippen molar-refractivity contribution >= 4 is 5.91 Å². The lowest BCUT2D eigenvalue weighted by atomic mass is 10.0. The van der Waals surface area contributed by atoms with Crippen LogP contribution >= 0.6 is 0 Å². The Morgan fingerprint density at radius 1 is 1.43 bits per heavy atom. The number of rotatable bonds is 6. The summed E-state index contributed by atoms with van der Waals surface area (Å²) in [6, 6.07) is 4.21. The van der Waals surface area contributed by atoms with Crippen LogP contribution in [0.3, 0.4) is 0 Å². The fourth-order valence-corrected chi connectivity index (χ4v) is 1.87. The topological polar surface area (TPSA) is 64.3 Å². The van der Waals surface area contributed by atoms with E-state index in [1.807, 2.05) is 27.7 Å². The van der Waals surface area contributed by atoms with Crippen molar-refractivity contribution < 1.29 is 13.9 Å². The lowest BCUT2D eigenvalue weighted by Crippen LogP contribution is -2.43. The van der Waals surface area contributed by atoms with Gasteiger partial charge in [-0.05, 0) is 57.4 Å². The second-order valence-corrected chi connectivity index (χ2v) is 6.21. The lowest BCUT2D eigenvalue weighted by Gasteiger charge is -2.21. The summed E-state index contributed by atoms with van der Waals surface area (Å²) in [6.45, 7) is 7.57. The van der Waals surface area contributed by atoms with Gasteiger partial charge < -0.3 is 15.8 Å². The van der Waals surface area contributed by atoms with Crippen molar-refractivity contribution in [1.82, 2.24) is 5.32 Å². The molecule has 0 aliphatic heterocycles. The Bertz CT molecular complexity index is 484. The Labute approximate surface area is 125 Å². The third-order valence-corrected chi connectivity index (χ3v) is 2.90. The summed E-state index contributed by atoms with van der Waals surface area (Å²) < 4.78 is 18.9. The van der Waals surface area contributed by atoms with Crippen LogP contribution in [0.2, 0.25) is 0 Å². The van der Waals surface area contributed by atoms with Gasteiger partial charge in [0.15, 0.2) is 6.61 Å². The van der Waals surface area contributed by atoms with E-state index in [2.05, 4.69) is 5.32 Å². The molecule has 0 spiro atoms. The molecule has 0 aliphatic carbocycles. The van der Waals surface area contributed by atoms with E-state index in [9.17, 15) is 9.18 Å². The summed E-state index contributed by atoms with van der Waals surface area (Å²) >= 11 is 0. The number of benzene rings is 1. The van der Waals surface area contributed by atoms with Crippen molar-refractivity contribution in [3.8, 4) is 5.75 Å². The standard InChI is InChI=1S/C16H25FN2O2/c1-5-13(18)9-11-8-12(17)6-7-14(11)21-10-15(20)19-16(2,3)4/h6-8,13H,5,9-10,18H2,1-4H3,(H,19,20). The Kier molecular flexibility index (Phi) is 6.15. The van der Waals surface area contributed by atoms with Crippen LogP contribution in [0, 0.1) is 5.82 Å². The van der Waals surface area contributed by atoms with Crippen molar-refractivity contribution in [2.75, 3.05) is 6.61 Å². The molecule has 4 nitrogen and oxygen atoms in total. The van der Waals surface area contributed by atoms with Gasteiger partial charge in [0, 0.05) is 11.6 Å². The Hall–Kier alpha value is -1.62. The first kappa shape index (κ1) is 17.4. The zero-order valence-electron chi connectivity index (χ0n) is 13.2. The van der Waals surface area contributed by atoms with E-state index in [1.54, 1.807) is 0 Å². The van der Waals surface area contributed by atoms with E-state index in [1.165, 1.54) is 18.2 Å². The summed E-state index contributed by atoms with van der Waals surface area (Å²) in [4.78, 5) is 11.8. The second kappa shape index (κ2) is 7.41.